The average Bonchev–Trinajstić information content (AvgIpc) is 3.22. The number of amides is 1. The Balaban J connectivity index is 1.46. The number of nitrogens with one attached hydrogen (secondary N) is 1. The summed E-state index contributed by atoms with van der Waals surface area (Å²) in [7, 11) is 1.92. The molecule has 148 valence electrons. The zero-order chi connectivity index (χ0) is 20.9. The Kier molecular flexibility index (Phi) is 5.68. The van der Waals surface area contributed by atoms with Gasteiger partial charge in [0.1, 0.15) is 17.0 Å². The van der Waals surface area contributed by atoms with Crippen LogP contribution in [-0.4, -0.2) is 29.5 Å². The van der Waals surface area contributed by atoms with Crippen molar-refractivity contribution in [2.24, 2.45) is 0 Å². The van der Waals surface area contributed by atoms with Gasteiger partial charge in [0.25, 0.3) is 0 Å². The topological polar surface area (TPSA) is 81.9 Å². The minimum atomic E-state index is -0.113. The molecule has 6 nitrogen and oxygen atoms in total. The molecule has 2 heterocycles. The Labute approximate surface area is 178 Å². The second-order valence-electron chi connectivity index (χ2n) is 6.81. The fourth-order valence-corrected chi connectivity index (χ4v) is 4.16. The molecule has 0 saturated carbocycles. The Hall–Kier alpha value is -3.76. The van der Waals surface area contributed by atoms with Crippen LogP contribution in [0.25, 0.3) is 20.7 Å². The molecule has 0 atom stereocenters. The van der Waals surface area contributed by atoms with Gasteiger partial charge in [-0.2, -0.15) is 5.26 Å². The molecule has 0 unspecified atom stereocenters. The first kappa shape index (κ1) is 19.6. The van der Waals surface area contributed by atoms with E-state index in [1.54, 1.807) is 41.9 Å². The zero-order valence-corrected chi connectivity index (χ0v) is 17.2. The highest BCUT2D eigenvalue weighted by molar-refractivity contribution is 7.21. The van der Waals surface area contributed by atoms with Crippen LogP contribution in [0, 0.1) is 11.3 Å². The van der Waals surface area contributed by atoms with Gasteiger partial charge in [0.2, 0.25) is 5.91 Å². The third kappa shape index (κ3) is 4.29. The largest absolute Gasteiger partial charge is 0.359 e. The Morgan fingerprint density at radius 1 is 1.13 bits per heavy atom. The quantitative estimate of drug-likeness (QED) is 0.496. The van der Waals surface area contributed by atoms with Crippen molar-refractivity contribution >= 4 is 39.0 Å². The number of benzene rings is 2. The third-order valence-corrected chi connectivity index (χ3v) is 5.77. The summed E-state index contributed by atoms with van der Waals surface area (Å²) in [5.41, 5.74) is 2.28. The predicted molar refractivity (Wildman–Crippen MR) is 121 cm³/mol. The van der Waals surface area contributed by atoms with E-state index < -0.39 is 0 Å². The molecule has 0 bridgehead atoms. The monoisotopic (exact) mass is 413 g/mol. The highest BCUT2D eigenvalue weighted by atomic mass is 32.1. The van der Waals surface area contributed by atoms with E-state index in [0.717, 1.165) is 26.5 Å². The van der Waals surface area contributed by atoms with Crippen molar-refractivity contribution in [1.29, 1.82) is 5.26 Å². The molecule has 0 aliphatic carbocycles. The SMILES string of the molecule is CN(CCC(=O)Nc1cccc(C#N)c1)c1ncnc2sc(-c3ccccc3)cc12. The number of rotatable bonds is 6. The minimum Gasteiger partial charge on any atom is -0.359 e. The van der Waals surface area contributed by atoms with E-state index in [1.807, 2.05) is 30.1 Å². The fraction of sp³-hybridized carbons (Fsp3) is 0.130. The van der Waals surface area contributed by atoms with Gasteiger partial charge in [-0.25, -0.2) is 9.97 Å². The maximum atomic E-state index is 12.3. The molecule has 0 aliphatic heterocycles. The van der Waals surface area contributed by atoms with Crippen molar-refractivity contribution in [3.05, 3.63) is 72.6 Å². The van der Waals surface area contributed by atoms with Crippen LogP contribution < -0.4 is 10.2 Å². The summed E-state index contributed by atoms with van der Waals surface area (Å²) in [6.45, 7) is 0.506. The molecule has 4 rings (SSSR count). The third-order valence-electron chi connectivity index (χ3n) is 4.68. The van der Waals surface area contributed by atoms with Crippen molar-refractivity contribution in [1.82, 2.24) is 9.97 Å². The van der Waals surface area contributed by atoms with Gasteiger partial charge in [0.15, 0.2) is 0 Å². The van der Waals surface area contributed by atoms with Gasteiger partial charge in [-0.1, -0.05) is 36.4 Å². The van der Waals surface area contributed by atoms with Crippen molar-refractivity contribution in [2.45, 2.75) is 6.42 Å². The summed E-state index contributed by atoms with van der Waals surface area (Å²) in [4.78, 5) is 25.2. The number of nitrogens with zero attached hydrogens (tertiary/aromatic N) is 4. The lowest BCUT2D eigenvalue weighted by atomic mass is 10.2. The van der Waals surface area contributed by atoms with Crippen LogP contribution in [0.4, 0.5) is 11.5 Å². The molecule has 0 aliphatic rings. The van der Waals surface area contributed by atoms with Crippen molar-refractivity contribution < 1.29 is 4.79 Å². The van der Waals surface area contributed by atoms with Crippen LogP contribution in [-0.2, 0) is 4.79 Å². The van der Waals surface area contributed by atoms with Gasteiger partial charge >= 0.3 is 0 Å². The summed E-state index contributed by atoms with van der Waals surface area (Å²) in [6.07, 6.45) is 1.86. The first-order valence-electron chi connectivity index (χ1n) is 9.45. The highest BCUT2D eigenvalue weighted by Crippen LogP contribution is 2.35. The lowest BCUT2D eigenvalue weighted by molar-refractivity contribution is -0.116. The number of hydrogen-bond donors (Lipinski definition) is 1. The number of carbonyl (C=O) groups excluding carboxylic acids is 1. The number of anilines is 2. The van der Waals surface area contributed by atoms with E-state index >= 15 is 0 Å². The van der Waals surface area contributed by atoms with Crippen LogP contribution in [0.15, 0.2) is 67.0 Å². The summed E-state index contributed by atoms with van der Waals surface area (Å²) < 4.78 is 0. The number of thiophene rings is 1. The molecule has 1 amide bonds. The average molecular weight is 414 g/mol. The van der Waals surface area contributed by atoms with E-state index in [1.165, 1.54) is 0 Å². The molecule has 0 radical (unpaired) electrons. The molecule has 4 aromatic rings. The molecular weight excluding hydrogens is 394 g/mol. The van der Waals surface area contributed by atoms with Crippen LogP contribution >= 0.6 is 11.3 Å². The highest BCUT2D eigenvalue weighted by Gasteiger charge is 2.14. The lowest BCUT2D eigenvalue weighted by Crippen LogP contribution is -2.24. The molecule has 1 N–H and O–H groups in total. The van der Waals surface area contributed by atoms with Gasteiger partial charge in [-0.3, -0.25) is 4.79 Å². The van der Waals surface area contributed by atoms with Crippen molar-refractivity contribution in [3.8, 4) is 16.5 Å². The van der Waals surface area contributed by atoms with E-state index in [4.69, 9.17) is 5.26 Å². The predicted octanol–water partition coefficient (Wildman–Crippen LogP) is 4.69. The van der Waals surface area contributed by atoms with Gasteiger partial charge in [-0.05, 0) is 29.8 Å². The second kappa shape index (κ2) is 8.72. The van der Waals surface area contributed by atoms with Crippen LogP contribution in [0.3, 0.4) is 0 Å². The molecule has 30 heavy (non-hydrogen) atoms. The molecule has 2 aromatic heterocycles. The van der Waals surface area contributed by atoms with Crippen LogP contribution in [0.1, 0.15) is 12.0 Å². The molecule has 0 spiro atoms. The normalized spacial score (nSPS) is 10.5. The van der Waals surface area contributed by atoms with E-state index in [9.17, 15) is 4.79 Å². The number of fused-ring (bicyclic) bond motifs is 1. The van der Waals surface area contributed by atoms with Crippen LogP contribution in [0.5, 0.6) is 0 Å². The summed E-state index contributed by atoms with van der Waals surface area (Å²) in [5.74, 6) is 0.690. The summed E-state index contributed by atoms with van der Waals surface area (Å²) in [6, 6.07) is 21.2. The van der Waals surface area contributed by atoms with E-state index in [-0.39, 0.29) is 5.91 Å². The first-order chi connectivity index (χ1) is 14.6. The van der Waals surface area contributed by atoms with Gasteiger partial charge in [0, 0.05) is 30.6 Å². The van der Waals surface area contributed by atoms with Crippen molar-refractivity contribution in [2.75, 3.05) is 23.8 Å². The van der Waals surface area contributed by atoms with E-state index in [2.05, 4.69) is 39.6 Å². The number of nitriles is 1. The number of carbonyl (C=O) groups is 1. The fourth-order valence-electron chi connectivity index (χ4n) is 3.16. The smallest absolute Gasteiger partial charge is 0.226 e. The molecule has 0 fully saturated rings. The standard InChI is InChI=1S/C23H19N5OS/c1-28(11-10-21(29)27-18-9-5-6-16(12-18)14-24)22-19-13-20(17-7-3-2-4-8-17)30-23(19)26-15-25-22/h2-9,12-13,15H,10-11H2,1H3,(H,27,29). The summed E-state index contributed by atoms with van der Waals surface area (Å²) in [5, 5.41) is 12.8. The Morgan fingerprint density at radius 3 is 2.77 bits per heavy atom. The first-order valence-corrected chi connectivity index (χ1v) is 10.3. The second-order valence-corrected chi connectivity index (χ2v) is 7.84. The maximum Gasteiger partial charge on any atom is 0.226 e. The van der Waals surface area contributed by atoms with Gasteiger partial charge < -0.3 is 10.2 Å². The van der Waals surface area contributed by atoms with Gasteiger partial charge in [0.05, 0.1) is 17.0 Å². The molecule has 0 saturated heterocycles. The summed E-state index contributed by atoms with van der Waals surface area (Å²) >= 11 is 1.63. The Morgan fingerprint density at radius 2 is 1.97 bits per heavy atom. The maximum absolute atomic E-state index is 12.3. The zero-order valence-electron chi connectivity index (χ0n) is 16.4. The van der Waals surface area contributed by atoms with Crippen molar-refractivity contribution in [3.63, 3.8) is 0 Å². The number of aromatic nitrogens is 2. The number of hydrogen-bond acceptors (Lipinski definition) is 6. The van der Waals surface area contributed by atoms with Crippen LogP contribution in [0.2, 0.25) is 0 Å². The van der Waals surface area contributed by atoms with E-state index in [0.29, 0.717) is 24.2 Å². The minimum absolute atomic E-state index is 0.113. The Bertz CT molecular complexity index is 1230. The molecule has 7 heteroatoms. The lowest BCUT2D eigenvalue weighted by Gasteiger charge is -2.18. The molecule has 2 aromatic carbocycles. The van der Waals surface area contributed by atoms with Gasteiger partial charge in [-0.15, -0.1) is 11.3 Å². The molecular formula is C23H19N5OS.